The summed E-state index contributed by atoms with van der Waals surface area (Å²) in [6.07, 6.45) is 8.85. The van der Waals surface area contributed by atoms with Crippen molar-refractivity contribution >= 4 is 19.8 Å². The number of unbranched alkanes of at least 4 members (excludes halogenated alkanes) is 3. The van der Waals surface area contributed by atoms with Crippen molar-refractivity contribution in [2.75, 3.05) is 0 Å². The van der Waals surface area contributed by atoms with Crippen LogP contribution in [0.1, 0.15) is 59.3 Å². The summed E-state index contributed by atoms with van der Waals surface area (Å²) in [6, 6.07) is 0. The van der Waals surface area contributed by atoms with Gasteiger partial charge in [0.15, 0.2) is 0 Å². The topological polar surface area (TPSA) is 23.8 Å². The Bertz CT molecular complexity index is 109. The molecular formula is C13H27CuNSn. The molecule has 0 aromatic rings. The SMILES string of the molecule is CCC[CH2][Sn]([CH2]CCC)[CH2]CCC.[C-]#N.[Cu+]. The summed E-state index contributed by atoms with van der Waals surface area (Å²) in [7, 11) is 0. The second-order valence-electron chi connectivity index (χ2n) is 4.06. The molecule has 99 valence electrons. The zero-order chi connectivity index (χ0) is 11.9. The Morgan fingerprint density at radius 2 is 1.00 bits per heavy atom. The molecule has 0 heterocycles. The van der Waals surface area contributed by atoms with E-state index in [-0.39, 0.29) is 17.1 Å². The van der Waals surface area contributed by atoms with E-state index in [1.54, 1.807) is 13.3 Å². The van der Waals surface area contributed by atoms with Gasteiger partial charge in [0.05, 0.1) is 0 Å². The van der Waals surface area contributed by atoms with Gasteiger partial charge in [0.25, 0.3) is 0 Å². The Hall–Kier alpha value is 0.808. The average Bonchev–Trinajstić information content (AvgIpc) is 2.31. The second-order valence-corrected chi connectivity index (χ2v) is 12.6. The number of hydrogen-bond donors (Lipinski definition) is 0. The molecule has 0 aliphatic carbocycles. The van der Waals surface area contributed by atoms with Crippen LogP contribution >= 0.6 is 0 Å². The zero-order valence-electron chi connectivity index (χ0n) is 11.1. The summed E-state index contributed by atoms with van der Waals surface area (Å²) < 4.78 is 5.04. The monoisotopic (exact) mass is 380 g/mol. The summed E-state index contributed by atoms with van der Waals surface area (Å²) >= 11 is -0.839. The van der Waals surface area contributed by atoms with Crippen molar-refractivity contribution in [3.63, 3.8) is 0 Å². The molecule has 0 aliphatic heterocycles. The fourth-order valence-corrected chi connectivity index (χ4v) is 11.1. The van der Waals surface area contributed by atoms with Crippen LogP contribution in [0.3, 0.4) is 0 Å². The van der Waals surface area contributed by atoms with Crippen LogP contribution in [-0.2, 0) is 17.1 Å². The Morgan fingerprint density at radius 1 is 0.750 bits per heavy atom. The summed E-state index contributed by atoms with van der Waals surface area (Å²) in [5.74, 6) is 0. The van der Waals surface area contributed by atoms with Gasteiger partial charge in [-0.3, -0.25) is 0 Å². The molecule has 0 saturated heterocycles. The Morgan fingerprint density at radius 3 is 1.19 bits per heavy atom. The van der Waals surface area contributed by atoms with E-state index < -0.39 is 19.8 Å². The maximum absolute atomic E-state index is 6.25. The van der Waals surface area contributed by atoms with Gasteiger partial charge in [0.1, 0.15) is 0 Å². The first-order chi connectivity index (χ1) is 7.35. The van der Waals surface area contributed by atoms with Gasteiger partial charge >= 0.3 is 109 Å². The van der Waals surface area contributed by atoms with Gasteiger partial charge < -0.3 is 11.8 Å². The maximum atomic E-state index is 6.25. The van der Waals surface area contributed by atoms with E-state index in [9.17, 15) is 0 Å². The molecule has 0 amide bonds. The van der Waals surface area contributed by atoms with Gasteiger partial charge in [-0.1, -0.05) is 0 Å². The van der Waals surface area contributed by atoms with Crippen LogP contribution in [0.25, 0.3) is 0 Å². The van der Waals surface area contributed by atoms with Crippen molar-refractivity contribution in [1.82, 2.24) is 0 Å². The van der Waals surface area contributed by atoms with Crippen molar-refractivity contribution in [2.45, 2.75) is 72.6 Å². The third kappa shape index (κ3) is 17.2. The van der Waals surface area contributed by atoms with Gasteiger partial charge in [-0.15, -0.1) is 0 Å². The molecule has 0 spiro atoms. The van der Waals surface area contributed by atoms with Crippen LogP contribution in [0.2, 0.25) is 13.3 Å². The molecule has 0 fully saturated rings. The first kappa shape index (κ1) is 22.0. The maximum Gasteiger partial charge on any atom is 1.00 e. The van der Waals surface area contributed by atoms with Crippen LogP contribution in [0.15, 0.2) is 0 Å². The number of hydrogen-bond acceptors (Lipinski definition) is 1. The normalized spacial score (nSPS) is 9.12. The van der Waals surface area contributed by atoms with E-state index >= 15 is 0 Å². The Balaban J connectivity index is -0.000000529. The van der Waals surface area contributed by atoms with Crippen LogP contribution in [0.5, 0.6) is 0 Å². The van der Waals surface area contributed by atoms with Crippen molar-refractivity contribution in [3.8, 4) is 0 Å². The Kier molecular flexibility index (Phi) is 29.1. The van der Waals surface area contributed by atoms with Gasteiger partial charge in [-0.25, -0.2) is 0 Å². The molecule has 1 radical (unpaired) electrons. The van der Waals surface area contributed by atoms with Crippen LogP contribution in [0, 0.1) is 11.8 Å². The largest absolute Gasteiger partial charge is 1.00 e. The van der Waals surface area contributed by atoms with E-state index in [1.165, 1.54) is 38.5 Å². The predicted molar refractivity (Wildman–Crippen MR) is 69.9 cm³/mol. The third-order valence-corrected chi connectivity index (χ3v) is 11.7. The molecule has 0 aromatic heterocycles. The van der Waals surface area contributed by atoms with Gasteiger partial charge in [-0.05, 0) is 0 Å². The van der Waals surface area contributed by atoms with Crippen LogP contribution < -0.4 is 0 Å². The third-order valence-electron chi connectivity index (χ3n) is 2.65. The van der Waals surface area contributed by atoms with Crippen molar-refractivity contribution in [1.29, 1.82) is 5.26 Å². The van der Waals surface area contributed by atoms with Gasteiger partial charge in [0, 0.05) is 0 Å². The molecule has 1 nitrogen and oxygen atoms in total. The fourth-order valence-electron chi connectivity index (χ4n) is 1.66. The van der Waals surface area contributed by atoms with E-state index in [2.05, 4.69) is 20.8 Å². The zero-order valence-corrected chi connectivity index (χ0v) is 14.9. The minimum atomic E-state index is -0.839. The Labute approximate surface area is 121 Å². The predicted octanol–water partition coefficient (Wildman–Crippen LogP) is 4.98. The standard InChI is InChI=1S/3C4H9.CN.Cu.Sn/c3*1-3-4-2;1-2;;/h3*1,3-4H2,2H3;;;/q;;;-1;+1;. The average molecular weight is 380 g/mol. The molecule has 0 bridgehead atoms. The minimum Gasteiger partial charge on any atom is -0.512 e. The van der Waals surface area contributed by atoms with Crippen molar-refractivity contribution in [2.24, 2.45) is 0 Å². The fraction of sp³-hybridized carbons (Fsp3) is 0.923. The molecule has 16 heavy (non-hydrogen) atoms. The van der Waals surface area contributed by atoms with Crippen molar-refractivity contribution < 1.29 is 17.1 Å². The van der Waals surface area contributed by atoms with Crippen LogP contribution in [-0.4, -0.2) is 19.8 Å². The van der Waals surface area contributed by atoms with E-state index in [4.69, 9.17) is 11.8 Å². The summed E-state index contributed by atoms with van der Waals surface area (Å²) in [6.45, 7) is 11.8. The molecule has 0 atom stereocenters. The minimum absolute atomic E-state index is 0. The van der Waals surface area contributed by atoms with E-state index in [1.807, 2.05) is 0 Å². The van der Waals surface area contributed by atoms with Crippen LogP contribution in [0.4, 0.5) is 0 Å². The van der Waals surface area contributed by atoms with E-state index in [0.717, 1.165) is 0 Å². The smallest absolute Gasteiger partial charge is 0.512 e. The first-order valence-corrected chi connectivity index (χ1v) is 12.5. The first-order valence-electron chi connectivity index (χ1n) is 6.41. The molecule has 0 N–H and O–H groups in total. The van der Waals surface area contributed by atoms with Crippen molar-refractivity contribution in [3.05, 3.63) is 6.57 Å². The summed E-state index contributed by atoms with van der Waals surface area (Å²) in [4.78, 5) is 0. The quantitative estimate of drug-likeness (QED) is 0.410. The molecule has 0 unspecified atom stereocenters. The molecule has 0 aliphatic rings. The molecule has 0 saturated carbocycles. The second kappa shape index (κ2) is 21.1. The molecule has 0 aromatic carbocycles. The van der Waals surface area contributed by atoms with Gasteiger partial charge in [0.2, 0.25) is 0 Å². The summed E-state index contributed by atoms with van der Waals surface area (Å²) in [5, 5.41) is 6.25. The number of rotatable bonds is 9. The molecular weight excluding hydrogens is 352 g/mol. The summed E-state index contributed by atoms with van der Waals surface area (Å²) in [5.41, 5.74) is 0. The van der Waals surface area contributed by atoms with E-state index in [0.29, 0.717) is 0 Å². The van der Waals surface area contributed by atoms with Gasteiger partial charge in [-0.2, -0.15) is 0 Å². The number of nitrogens with zero attached hydrogens (tertiary/aromatic N) is 1. The molecule has 3 heteroatoms. The molecule has 0 rings (SSSR count).